The zero-order valence-electron chi connectivity index (χ0n) is 12.1. The van der Waals surface area contributed by atoms with Crippen LogP contribution in [0.15, 0.2) is 30.5 Å². The molecule has 2 rings (SSSR count). The molecule has 1 amide bonds. The minimum absolute atomic E-state index is 0.00570. The van der Waals surface area contributed by atoms with Gasteiger partial charge in [-0.15, -0.1) is 0 Å². The molecule has 0 radical (unpaired) electrons. The van der Waals surface area contributed by atoms with Gasteiger partial charge >= 0.3 is 0 Å². The van der Waals surface area contributed by atoms with Crippen molar-refractivity contribution in [1.82, 2.24) is 4.98 Å². The molecule has 1 aromatic heterocycles. The van der Waals surface area contributed by atoms with Crippen molar-refractivity contribution in [2.45, 2.75) is 6.92 Å². The van der Waals surface area contributed by atoms with Crippen LogP contribution < -0.4 is 16.0 Å². The van der Waals surface area contributed by atoms with Gasteiger partial charge in [-0.25, -0.2) is 9.37 Å². The van der Waals surface area contributed by atoms with Gasteiger partial charge in [-0.3, -0.25) is 4.79 Å². The van der Waals surface area contributed by atoms with Gasteiger partial charge < -0.3 is 16.0 Å². The molecule has 0 saturated heterocycles. The molecule has 3 N–H and O–H groups in total. The maximum atomic E-state index is 13.2. The number of nitrogen functional groups attached to an aromatic ring is 1. The molecule has 0 fully saturated rings. The maximum Gasteiger partial charge on any atom is 0.259 e. The molecule has 0 unspecified atom stereocenters. The SMILES string of the molecule is Cc1ccc(NC(=O)c2cc(F)cnc2N)cc1N(C)C. The van der Waals surface area contributed by atoms with E-state index in [1.807, 2.05) is 38.1 Å². The third kappa shape index (κ3) is 3.28. The molecule has 110 valence electrons. The van der Waals surface area contributed by atoms with E-state index in [-0.39, 0.29) is 11.4 Å². The number of amides is 1. The van der Waals surface area contributed by atoms with Gasteiger partial charge in [-0.1, -0.05) is 6.07 Å². The van der Waals surface area contributed by atoms with Gasteiger partial charge in [-0.2, -0.15) is 0 Å². The molecule has 2 aromatic rings. The first-order chi connectivity index (χ1) is 9.88. The molecule has 6 heteroatoms. The van der Waals surface area contributed by atoms with Gasteiger partial charge in [0.15, 0.2) is 0 Å². The van der Waals surface area contributed by atoms with Crippen molar-refractivity contribution in [3.05, 3.63) is 47.4 Å². The summed E-state index contributed by atoms with van der Waals surface area (Å²) in [5.41, 5.74) is 8.30. The molecule has 0 aliphatic heterocycles. The first-order valence-electron chi connectivity index (χ1n) is 6.39. The number of rotatable bonds is 3. The van der Waals surface area contributed by atoms with Crippen LogP contribution in [-0.2, 0) is 0 Å². The number of benzene rings is 1. The first-order valence-corrected chi connectivity index (χ1v) is 6.39. The highest BCUT2D eigenvalue weighted by molar-refractivity contribution is 6.07. The number of halogens is 1. The molecule has 0 aliphatic rings. The van der Waals surface area contributed by atoms with Crippen molar-refractivity contribution in [3.8, 4) is 0 Å². The van der Waals surface area contributed by atoms with E-state index < -0.39 is 11.7 Å². The number of nitrogens with one attached hydrogen (secondary N) is 1. The highest BCUT2D eigenvalue weighted by Crippen LogP contribution is 2.23. The highest BCUT2D eigenvalue weighted by Gasteiger charge is 2.13. The molecule has 0 aliphatic carbocycles. The van der Waals surface area contributed by atoms with Gasteiger partial charge in [0.2, 0.25) is 0 Å². The normalized spacial score (nSPS) is 10.3. The quantitative estimate of drug-likeness (QED) is 0.910. The minimum Gasteiger partial charge on any atom is -0.383 e. The number of nitrogens with two attached hydrogens (primary N) is 1. The Morgan fingerprint density at radius 1 is 1.33 bits per heavy atom. The van der Waals surface area contributed by atoms with Crippen LogP contribution >= 0.6 is 0 Å². The summed E-state index contributed by atoms with van der Waals surface area (Å²) < 4.78 is 13.2. The number of aryl methyl sites for hydroxylation is 1. The Kier molecular flexibility index (Phi) is 4.07. The van der Waals surface area contributed by atoms with Gasteiger partial charge in [0.1, 0.15) is 11.6 Å². The summed E-state index contributed by atoms with van der Waals surface area (Å²) in [6, 6.07) is 6.59. The second-order valence-corrected chi connectivity index (χ2v) is 4.94. The fourth-order valence-electron chi connectivity index (χ4n) is 2.00. The number of carbonyl (C=O) groups is 1. The molecule has 0 spiro atoms. The second-order valence-electron chi connectivity index (χ2n) is 4.94. The highest BCUT2D eigenvalue weighted by atomic mass is 19.1. The first kappa shape index (κ1) is 14.8. The van der Waals surface area contributed by atoms with Crippen LogP contribution in [0, 0.1) is 12.7 Å². The van der Waals surface area contributed by atoms with E-state index in [0.29, 0.717) is 5.69 Å². The summed E-state index contributed by atoms with van der Waals surface area (Å²) in [6.07, 6.45) is 0.974. The van der Waals surface area contributed by atoms with Crippen LogP contribution in [0.5, 0.6) is 0 Å². The molecular formula is C15H17FN4O. The van der Waals surface area contributed by atoms with Crippen molar-refractivity contribution in [2.24, 2.45) is 0 Å². The molecule has 0 saturated carbocycles. The lowest BCUT2D eigenvalue weighted by atomic mass is 10.1. The molecule has 0 bridgehead atoms. The molecular weight excluding hydrogens is 271 g/mol. The smallest absolute Gasteiger partial charge is 0.259 e. The van der Waals surface area contributed by atoms with Gasteiger partial charge in [0.25, 0.3) is 5.91 Å². The second kappa shape index (κ2) is 5.78. The number of hydrogen-bond donors (Lipinski definition) is 2. The average Bonchev–Trinajstić information content (AvgIpc) is 2.43. The summed E-state index contributed by atoms with van der Waals surface area (Å²) in [6.45, 7) is 1.98. The van der Waals surface area contributed by atoms with E-state index in [1.165, 1.54) is 0 Å². The monoisotopic (exact) mass is 288 g/mol. The Balaban J connectivity index is 2.27. The summed E-state index contributed by atoms with van der Waals surface area (Å²) in [5, 5.41) is 2.70. The molecule has 1 aromatic carbocycles. The van der Waals surface area contributed by atoms with Gasteiger partial charge in [-0.05, 0) is 30.7 Å². The van der Waals surface area contributed by atoms with E-state index in [0.717, 1.165) is 23.5 Å². The fourth-order valence-corrected chi connectivity index (χ4v) is 2.00. The van der Waals surface area contributed by atoms with Crippen molar-refractivity contribution < 1.29 is 9.18 Å². The largest absolute Gasteiger partial charge is 0.383 e. The van der Waals surface area contributed by atoms with Crippen molar-refractivity contribution in [3.63, 3.8) is 0 Å². The van der Waals surface area contributed by atoms with E-state index in [1.54, 1.807) is 6.07 Å². The Bertz CT molecular complexity index is 685. The summed E-state index contributed by atoms with van der Waals surface area (Å²) in [4.78, 5) is 17.7. The van der Waals surface area contributed by atoms with E-state index >= 15 is 0 Å². The number of hydrogen-bond acceptors (Lipinski definition) is 4. The maximum absolute atomic E-state index is 13.2. The average molecular weight is 288 g/mol. The van der Waals surface area contributed by atoms with Crippen molar-refractivity contribution in [2.75, 3.05) is 30.0 Å². The zero-order chi connectivity index (χ0) is 15.6. The van der Waals surface area contributed by atoms with Gasteiger partial charge in [0.05, 0.1) is 11.8 Å². The van der Waals surface area contributed by atoms with Crippen LogP contribution in [0.1, 0.15) is 15.9 Å². The summed E-state index contributed by atoms with van der Waals surface area (Å²) >= 11 is 0. The third-order valence-corrected chi connectivity index (χ3v) is 3.08. The lowest BCUT2D eigenvalue weighted by Crippen LogP contribution is -2.16. The van der Waals surface area contributed by atoms with Crippen LogP contribution in [-0.4, -0.2) is 25.0 Å². The van der Waals surface area contributed by atoms with Crippen LogP contribution in [0.3, 0.4) is 0 Å². The number of aromatic nitrogens is 1. The molecule has 0 atom stereocenters. The Morgan fingerprint density at radius 3 is 2.71 bits per heavy atom. The Labute approximate surface area is 122 Å². The summed E-state index contributed by atoms with van der Waals surface area (Å²) in [7, 11) is 3.84. The van der Waals surface area contributed by atoms with Gasteiger partial charge in [0, 0.05) is 25.5 Å². The van der Waals surface area contributed by atoms with Crippen LogP contribution in [0.4, 0.5) is 21.6 Å². The number of pyridine rings is 1. The predicted molar refractivity (Wildman–Crippen MR) is 82.1 cm³/mol. The Morgan fingerprint density at radius 2 is 2.05 bits per heavy atom. The number of nitrogens with zero attached hydrogens (tertiary/aromatic N) is 2. The standard InChI is InChI=1S/C15H17FN4O/c1-9-4-5-11(7-13(9)20(2)3)19-15(21)12-6-10(16)8-18-14(12)17/h4-8H,1-3H3,(H2,17,18)(H,19,21). The predicted octanol–water partition coefficient (Wildman–Crippen LogP) is 2.43. The zero-order valence-corrected chi connectivity index (χ0v) is 12.1. The molecule has 5 nitrogen and oxygen atoms in total. The lowest BCUT2D eigenvalue weighted by molar-refractivity contribution is 0.102. The number of carbonyl (C=O) groups excluding carboxylic acids is 1. The lowest BCUT2D eigenvalue weighted by Gasteiger charge is -2.17. The van der Waals surface area contributed by atoms with Crippen LogP contribution in [0.2, 0.25) is 0 Å². The fraction of sp³-hybridized carbons (Fsp3) is 0.200. The topological polar surface area (TPSA) is 71.2 Å². The molecule has 21 heavy (non-hydrogen) atoms. The van der Waals surface area contributed by atoms with E-state index in [9.17, 15) is 9.18 Å². The Hall–Kier alpha value is -2.63. The number of anilines is 3. The van der Waals surface area contributed by atoms with E-state index in [2.05, 4.69) is 10.3 Å². The third-order valence-electron chi connectivity index (χ3n) is 3.08. The summed E-state index contributed by atoms with van der Waals surface area (Å²) in [5.74, 6) is -1.10. The van der Waals surface area contributed by atoms with Crippen molar-refractivity contribution in [1.29, 1.82) is 0 Å². The van der Waals surface area contributed by atoms with Crippen molar-refractivity contribution >= 4 is 23.1 Å². The van der Waals surface area contributed by atoms with Crippen LogP contribution in [0.25, 0.3) is 0 Å². The van der Waals surface area contributed by atoms with E-state index in [4.69, 9.17) is 5.73 Å². The minimum atomic E-state index is -0.604. The molecule has 1 heterocycles.